The highest BCUT2D eigenvalue weighted by Gasteiger charge is 2.08. The van der Waals surface area contributed by atoms with Gasteiger partial charge in [0.25, 0.3) is 5.56 Å². The van der Waals surface area contributed by atoms with Crippen molar-refractivity contribution in [2.24, 2.45) is 0 Å². The van der Waals surface area contributed by atoms with E-state index in [2.05, 4.69) is 4.90 Å². The zero-order chi connectivity index (χ0) is 18.2. The van der Waals surface area contributed by atoms with E-state index in [0.717, 1.165) is 30.0 Å². The lowest BCUT2D eigenvalue weighted by atomic mass is 10.1. The summed E-state index contributed by atoms with van der Waals surface area (Å²) in [6.45, 7) is 6.54. The van der Waals surface area contributed by atoms with Gasteiger partial charge in [-0.05, 0) is 88.5 Å². The highest BCUT2D eigenvalue weighted by Crippen LogP contribution is 2.15. The molecule has 26 heavy (non-hydrogen) atoms. The van der Waals surface area contributed by atoms with E-state index in [-0.39, 0.29) is 5.56 Å². The van der Waals surface area contributed by atoms with Crippen LogP contribution in [0.2, 0.25) is 0 Å². The summed E-state index contributed by atoms with van der Waals surface area (Å²) in [7, 11) is 0. The van der Waals surface area contributed by atoms with Crippen LogP contribution in [-0.4, -0.2) is 35.7 Å². The summed E-state index contributed by atoms with van der Waals surface area (Å²) < 4.78 is 7.51. The Hall–Kier alpha value is -2.07. The van der Waals surface area contributed by atoms with Crippen LogP contribution >= 0.6 is 0 Å². The van der Waals surface area contributed by atoms with Crippen LogP contribution in [0.1, 0.15) is 44.1 Å². The molecule has 0 radical (unpaired) electrons. The number of unbranched alkanes of at least 4 members (excludes halogenated alkanes) is 2. The molecule has 1 aliphatic heterocycles. The van der Waals surface area contributed by atoms with Crippen LogP contribution in [0, 0.1) is 6.92 Å². The molecule has 0 atom stereocenters. The highest BCUT2D eigenvalue weighted by atomic mass is 16.5. The predicted molar refractivity (Wildman–Crippen MR) is 106 cm³/mol. The van der Waals surface area contributed by atoms with Gasteiger partial charge in [0, 0.05) is 18.0 Å². The normalized spacial score (nSPS) is 15.1. The second kappa shape index (κ2) is 9.58. The summed E-state index contributed by atoms with van der Waals surface area (Å²) in [5.41, 5.74) is 1.92. The zero-order valence-electron chi connectivity index (χ0n) is 15.8. The Morgan fingerprint density at radius 2 is 1.69 bits per heavy atom. The lowest BCUT2D eigenvalue weighted by Crippen LogP contribution is -2.30. The van der Waals surface area contributed by atoms with Gasteiger partial charge in [-0.1, -0.05) is 12.5 Å². The Labute approximate surface area is 156 Å². The van der Waals surface area contributed by atoms with Gasteiger partial charge in [-0.25, -0.2) is 0 Å². The van der Waals surface area contributed by atoms with Crippen molar-refractivity contribution in [1.82, 2.24) is 9.47 Å². The van der Waals surface area contributed by atoms with Gasteiger partial charge >= 0.3 is 0 Å². The number of piperidine rings is 1. The van der Waals surface area contributed by atoms with Crippen LogP contribution in [0.3, 0.4) is 0 Å². The topological polar surface area (TPSA) is 34.5 Å². The van der Waals surface area contributed by atoms with E-state index in [4.69, 9.17) is 4.74 Å². The molecule has 3 rings (SSSR count). The first kappa shape index (κ1) is 18.7. The third-order valence-electron chi connectivity index (χ3n) is 5.01. The molecule has 0 saturated carbocycles. The average molecular weight is 354 g/mol. The number of likely N-dealkylation sites (tertiary alicyclic amines) is 1. The molecule has 0 bridgehead atoms. The predicted octanol–water partition coefficient (Wildman–Crippen LogP) is 4.18. The van der Waals surface area contributed by atoms with E-state index in [0.29, 0.717) is 0 Å². The molecule has 1 saturated heterocycles. The Morgan fingerprint density at radius 1 is 0.923 bits per heavy atom. The number of ether oxygens (including phenoxy) is 1. The first-order valence-corrected chi connectivity index (χ1v) is 9.87. The Bertz CT molecular complexity index is 731. The fourth-order valence-corrected chi connectivity index (χ4v) is 3.49. The van der Waals surface area contributed by atoms with E-state index in [9.17, 15) is 4.79 Å². The fraction of sp³-hybridized carbons (Fsp3) is 0.500. The van der Waals surface area contributed by atoms with Gasteiger partial charge in [0.15, 0.2) is 0 Å². The molecule has 0 aliphatic carbocycles. The van der Waals surface area contributed by atoms with E-state index >= 15 is 0 Å². The first-order valence-electron chi connectivity index (χ1n) is 9.87. The second-order valence-corrected chi connectivity index (χ2v) is 7.22. The number of aromatic nitrogens is 1. The Kier molecular flexibility index (Phi) is 6.89. The molecule has 2 heterocycles. The van der Waals surface area contributed by atoms with E-state index in [1.165, 1.54) is 51.7 Å². The van der Waals surface area contributed by atoms with E-state index < -0.39 is 0 Å². The van der Waals surface area contributed by atoms with Crippen LogP contribution < -0.4 is 10.3 Å². The molecular weight excluding hydrogens is 324 g/mol. The van der Waals surface area contributed by atoms with Crippen LogP contribution in [-0.2, 0) is 0 Å². The van der Waals surface area contributed by atoms with Gasteiger partial charge < -0.3 is 9.64 Å². The van der Waals surface area contributed by atoms with Crippen molar-refractivity contribution in [2.75, 3.05) is 26.2 Å². The molecular formula is C22H30N2O2. The third kappa shape index (κ3) is 5.46. The molecule has 4 nitrogen and oxygen atoms in total. The average Bonchev–Trinajstić information content (AvgIpc) is 2.68. The molecule has 1 aliphatic rings. The minimum absolute atomic E-state index is 0.0158. The number of hydrogen-bond acceptors (Lipinski definition) is 3. The van der Waals surface area contributed by atoms with Crippen molar-refractivity contribution in [3.05, 3.63) is 58.5 Å². The standard InChI is InChI=1S/C22H30N2O2/c1-19-8-13-22(25)24(18-19)20-9-11-21(12-10-20)26-17-7-3-6-16-23-14-4-2-5-15-23/h8-13,18H,2-7,14-17H2,1H3. The summed E-state index contributed by atoms with van der Waals surface area (Å²) >= 11 is 0. The maximum atomic E-state index is 12.0. The molecule has 1 fully saturated rings. The van der Waals surface area contributed by atoms with Crippen molar-refractivity contribution >= 4 is 0 Å². The van der Waals surface area contributed by atoms with E-state index in [1.54, 1.807) is 10.6 Å². The minimum atomic E-state index is -0.0158. The van der Waals surface area contributed by atoms with Gasteiger partial charge in [0.05, 0.1) is 6.61 Å². The number of benzene rings is 1. The van der Waals surface area contributed by atoms with Crippen molar-refractivity contribution in [1.29, 1.82) is 0 Å². The van der Waals surface area contributed by atoms with Crippen molar-refractivity contribution in [2.45, 2.75) is 45.4 Å². The summed E-state index contributed by atoms with van der Waals surface area (Å²) in [6, 6.07) is 11.2. The lowest BCUT2D eigenvalue weighted by Gasteiger charge is -2.26. The molecule has 0 N–H and O–H groups in total. The molecule has 1 aromatic carbocycles. The van der Waals surface area contributed by atoms with Crippen molar-refractivity contribution in [3.63, 3.8) is 0 Å². The van der Waals surface area contributed by atoms with Gasteiger partial charge in [0.2, 0.25) is 0 Å². The maximum Gasteiger partial charge on any atom is 0.255 e. The summed E-state index contributed by atoms with van der Waals surface area (Å²) in [6.07, 6.45) is 9.57. The summed E-state index contributed by atoms with van der Waals surface area (Å²) in [5, 5.41) is 0. The third-order valence-corrected chi connectivity index (χ3v) is 5.01. The molecule has 0 amide bonds. The van der Waals surface area contributed by atoms with Gasteiger partial charge in [0.1, 0.15) is 5.75 Å². The van der Waals surface area contributed by atoms with Gasteiger partial charge in [-0.3, -0.25) is 9.36 Å². The summed E-state index contributed by atoms with van der Waals surface area (Å²) in [4.78, 5) is 14.6. The highest BCUT2D eigenvalue weighted by molar-refractivity contribution is 5.38. The van der Waals surface area contributed by atoms with Crippen LogP contribution in [0.15, 0.2) is 47.4 Å². The monoisotopic (exact) mass is 354 g/mol. The van der Waals surface area contributed by atoms with Crippen LogP contribution in [0.4, 0.5) is 0 Å². The molecule has 1 aromatic heterocycles. The molecule has 4 heteroatoms. The second-order valence-electron chi connectivity index (χ2n) is 7.22. The molecule has 2 aromatic rings. The van der Waals surface area contributed by atoms with Crippen molar-refractivity contribution < 1.29 is 4.74 Å². The fourth-order valence-electron chi connectivity index (χ4n) is 3.49. The largest absolute Gasteiger partial charge is 0.494 e. The molecule has 0 unspecified atom stereocenters. The number of pyridine rings is 1. The van der Waals surface area contributed by atoms with Crippen molar-refractivity contribution in [3.8, 4) is 11.4 Å². The maximum absolute atomic E-state index is 12.0. The SMILES string of the molecule is Cc1ccc(=O)n(-c2ccc(OCCCCCN3CCCCC3)cc2)c1. The quantitative estimate of drug-likeness (QED) is 0.667. The first-order chi connectivity index (χ1) is 12.7. The minimum Gasteiger partial charge on any atom is -0.494 e. The zero-order valence-corrected chi connectivity index (χ0v) is 15.8. The summed E-state index contributed by atoms with van der Waals surface area (Å²) in [5.74, 6) is 0.866. The lowest BCUT2D eigenvalue weighted by molar-refractivity contribution is 0.221. The van der Waals surface area contributed by atoms with E-state index in [1.807, 2.05) is 43.5 Å². The Morgan fingerprint density at radius 3 is 2.46 bits per heavy atom. The molecule has 140 valence electrons. The smallest absolute Gasteiger partial charge is 0.255 e. The van der Waals surface area contributed by atoms with Gasteiger partial charge in [-0.2, -0.15) is 0 Å². The molecule has 0 spiro atoms. The van der Waals surface area contributed by atoms with Crippen LogP contribution in [0.5, 0.6) is 5.75 Å². The number of rotatable bonds is 8. The van der Waals surface area contributed by atoms with Gasteiger partial charge in [-0.15, -0.1) is 0 Å². The van der Waals surface area contributed by atoms with Crippen LogP contribution in [0.25, 0.3) is 5.69 Å². The number of nitrogens with zero attached hydrogens (tertiary/aromatic N) is 2. The number of hydrogen-bond donors (Lipinski definition) is 0. The Balaban J connectivity index is 1.39. The number of aryl methyl sites for hydroxylation is 1.